The molecule has 2 aromatic carbocycles. The highest BCUT2D eigenvalue weighted by Crippen LogP contribution is 2.25. The Balaban J connectivity index is 1.70. The van der Waals surface area contributed by atoms with Gasteiger partial charge < -0.3 is 9.72 Å². The zero-order valence-corrected chi connectivity index (χ0v) is 15.5. The summed E-state index contributed by atoms with van der Waals surface area (Å²) in [5.74, 6) is 0.193. The molecule has 0 aliphatic carbocycles. The summed E-state index contributed by atoms with van der Waals surface area (Å²) >= 11 is 6.03. The van der Waals surface area contributed by atoms with Crippen LogP contribution < -0.4 is 5.56 Å². The Morgan fingerprint density at radius 2 is 2.07 bits per heavy atom. The molecule has 27 heavy (non-hydrogen) atoms. The van der Waals surface area contributed by atoms with Gasteiger partial charge in [-0.1, -0.05) is 35.9 Å². The molecule has 1 atom stereocenters. The Morgan fingerprint density at radius 3 is 2.85 bits per heavy atom. The van der Waals surface area contributed by atoms with Gasteiger partial charge in [0.05, 0.1) is 24.6 Å². The number of hydrogen-bond donors (Lipinski definition) is 1. The number of esters is 1. The van der Waals surface area contributed by atoms with Crippen LogP contribution in [0.2, 0.25) is 5.02 Å². The van der Waals surface area contributed by atoms with Crippen LogP contribution in [0, 0.1) is 0 Å². The molecule has 0 bridgehead atoms. The summed E-state index contributed by atoms with van der Waals surface area (Å²) < 4.78 is 4.99. The lowest BCUT2D eigenvalue weighted by molar-refractivity contribution is -0.148. The van der Waals surface area contributed by atoms with Crippen molar-refractivity contribution >= 4 is 28.5 Å². The van der Waals surface area contributed by atoms with Crippen LogP contribution >= 0.6 is 11.6 Å². The summed E-state index contributed by atoms with van der Waals surface area (Å²) in [7, 11) is 1.39. The molecule has 3 aromatic rings. The van der Waals surface area contributed by atoms with Gasteiger partial charge in [0.1, 0.15) is 11.9 Å². The lowest BCUT2D eigenvalue weighted by Gasteiger charge is -2.34. The van der Waals surface area contributed by atoms with Crippen LogP contribution in [-0.4, -0.2) is 34.0 Å². The average Bonchev–Trinajstić information content (AvgIpc) is 2.66. The van der Waals surface area contributed by atoms with Gasteiger partial charge in [-0.05, 0) is 35.7 Å². The second-order valence-electron chi connectivity index (χ2n) is 6.59. The number of nitrogens with one attached hydrogen (secondary N) is 1. The summed E-state index contributed by atoms with van der Waals surface area (Å²) in [4.78, 5) is 34.0. The van der Waals surface area contributed by atoms with Crippen LogP contribution in [0.5, 0.6) is 0 Å². The van der Waals surface area contributed by atoms with Crippen molar-refractivity contribution in [3.05, 3.63) is 74.8 Å². The SMILES string of the molecule is COC(=O)[C@@H]1Cc2ccccc2CN1Cc1nc2cc(Cl)ccc2c(=O)[nH]1. The predicted octanol–water partition coefficient (Wildman–Crippen LogP) is 2.68. The van der Waals surface area contributed by atoms with Gasteiger partial charge in [0, 0.05) is 11.6 Å². The van der Waals surface area contributed by atoms with Crippen molar-refractivity contribution < 1.29 is 9.53 Å². The third kappa shape index (κ3) is 3.46. The van der Waals surface area contributed by atoms with Crippen molar-refractivity contribution in [2.75, 3.05) is 7.11 Å². The van der Waals surface area contributed by atoms with Crippen LogP contribution in [0.1, 0.15) is 17.0 Å². The van der Waals surface area contributed by atoms with Crippen LogP contribution in [0.25, 0.3) is 10.9 Å². The maximum Gasteiger partial charge on any atom is 0.323 e. The third-order valence-corrected chi connectivity index (χ3v) is 5.12. The van der Waals surface area contributed by atoms with E-state index in [4.69, 9.17) is 16.3 Å². The molecule has 0 saturated heterocycles. The van der Waals surface area contributed by atoms with Gasteiger partial charge in [0.2, 0.25) is 0 Å². The van der Waals surface area contributed by atoms with Crippen LogP contribution in [-0.2, 0) is 29.0 Å². The first-order valence-electron chi connectivity index (χ1n) is 8.62. The maximum atomic E-state index is 12.4. The van der Waals surface area contributed by atoms with Gasteiger partial charge >= 0.3 is 5.97 Å². The first-order chi connectivity index (χ1) is 13.0. The Morgan fingerprint density at radius 1 is 1.30 bits per heavy atom. The standard InChI is InChI=1S/C20H18ClN3O3/c1-27-20(26)17-8-12-4-2-3-5-13(12)10-24(17)11-18-22-16-9-14(21)6-7-15(16)19(25)23-18/h2-7,9,17H,8,10-11H2,1H3,(H,22,23,25)/t17-/m0/s1. The van der Waals surface area contributed by atoms with E-state index in [0.717, 1.165) is 11.1 Å². The van der Waals surface area contributed by atoms with Crippen molar-refractivity contribution in [2.24, 2.45) is 0 Å². The number of H-pyrrole nitrogens is 1. The highest BCUT2D eigenvalue weighted by Gasteiger charge is 2.32. The van der Waals surface area contributed by atoms with Crippen molar-refractivity contribution in [2.45, 2.75) is 25.6 Å². The topological polar surface area (TPSA) is 75.3 Å². The number of halogens is 1. The number of fused-ring (bicyclic) bond motifs is 2. The molecule has 7 heteroatoms. The molecule has 2 heterocycles. The van der Waals surface area contributed by atoms with Crippen LogP contribution in [0.3, 0.4) is 0 Å². The van der Waals surface area contributed by atoms with Crippen molar-refractivity contribution in [3.8, 4) is 0 Å². The number of carbonyl (C=O) groups excluding carboxylic acids is 1. The fourth-order valence-corrected chi connectivity index (χ4v) is 3.71. The third-order valence-electron chi connectivity index (χ3n) is 4.89. The van der Waals surface area contributed by atoms with Crippen molar-refractivity contribution in [3.63, 3.8) is 0 Å². The number of benzene rings is 2. The average molecular weight is 384 g/mol. The molecule has 0 fully saturated rings. The van der Waals surface area contributed by atoms with Gasteiger partial charge in [0.25, 0.3) is 5.56 Å². The van der Waals surface area contributed by atoms with Gasteiger partial charge in [-0.25, -0.2) is 4.98 Å². The van der Waals surface area contributed by atoms with E-state index in [2.05, 4.69) is 9.97 Å². The quantitative estimate of drug-likeness (QED) is 0.704. The molecule has 1 aliphatic rings. The Labute approximate surface area is 160 Å². The summed E-state index contributed by atoms with van der Waals surface area (Å²) in [5.41, 5.74) is 2.60. The van der Waals surface area contributed by atoms with Gasteiger partial charge in [0.15, 0.2) is 0 Å². The highest BCUT2D eigenvalue weighted by atomic mass is 35.5. The minimum Gasteiger partial charge on any atom is -0.468 e. The summed E-state index contributed by atoms with van der Waals surface area (Å²) in [6.07, 6.45) is 0.562. The number of ether oxygens (including phenoxy) is 1. The van der Waals surface area contributed by atoms with E-state index in [9.17, 15) is 9.59 Å². The smallest absolute Gasteiger partial charge is 0.323 e. The van der Waals surface area contributed by atoms with Gasteiger partial charge in [-0.2, -0.15) is 0 Å². The van der Waals surface area contributed by atoms with Crippen LogP contribution in [0.4, 0.5) is 0 Å². The number of aromatic amines is 1. The number of carbonyl (C=O) groups is 1. The van der Waals surface area contributed by atoms with Gasteiger partial charge in [-0.15, -0.1) is 0 Å². The molecular weight excluding hydrogens is 366 g/mol. The summed E-state index contributed by atoms with van der Waals surface area (Å²) in [6.45, 7) is 0.902. The predicted molar refractivity (Wildman–Crippen MR) is 103 cm³/mol. The Bertz CT molecular complexity index is 1080. The van der Waals surface area contributed by atoms with E-state index in [1.807, 2.05) is 29.2 Å². The zero-order chi connectivity index (χ0) is 19.0. The lowest BCUT2D eigenvalue weighted by Crippen LogP contribution is -2.46. The second-order valence-corrected chi connectivity index (χ2v) is 7.03. The largest absolute Gasteiger partial charge is 0.468 e. The Hall–Kier alpha value is -2.70. The van der Waals surface area contributed by atoms with E-state index in [1.165, 1.54) is 7.11 Å². The first kappa shape index (κ1) is 17.7. The number of methoxy groups -OCH3 is 1. The van der Waals surface area contributed by atoms with Crippen molar-refractivity contribution in [1.29, 1.82) is 0 Å². The zero-order valence-electron chi connectivity index (χ0n) is 14.7. The van der Waals surface area contributed by atoms with Gasteiger partial charge in [-0.3, -0.25) is 14.5 Å². The number of hydrogen-bond acceptors (Lipinski definition) is 5. The van der Waals surface area contributed by atoms with E-state index < -0.39 is 6.04 Å². The molecule has 6 nitrogen and oxygen atoms in total. The fourth-order valence-electron chi connectivity index (χ4n) is 3.54. The summed E-state index contributed by atoms with van der Waals surface area (Å²) in [5, 5.41) is 1.00. The second kappa shape index (κ2) is 7.13. The molecule has 0 radical (unpaired) electrons. The molecule has 4 rings (SSSR count). The fraction of sp³-hybridized carbons (Fsp3) is 0.250. The van der Waals surface area contributed by atoms with Crippen LogP contribution in [0.15, 0.2) is 47.3 Å². The molecule has 0 saturated carbocycles. The summed E-state index contributed by atoms with van der Waals surface area (Å²) in [6, 6.07) is 12.6. The monoisotopic (exact) mass is 383 g/mol. The molecule has 1 aliphatic heterocycles. The maximum absolute atomic E-state index is 12.4. The minimum atomic E-state index is -0.426. The molecule has 0 spiro atoms. The molecule has 0 unspecified atom stereocenters. The molecule has 138 valence electrons. The molecule has 1 N–H and O–H groups in total. The number of aromatic nitrogens is 2. The normalized spacial score (nSPS) is 16.9. The number of nitrogens with zero attached hydrogens (tertiary/aromatic N) is 2. The lowest BCUT2D eigenvalue weighted by atomic mass is 9.94. The van der Waals surface area contributed by atoms with Crippen molar-refractivity contribution in [1.82, 2.24) is 14.9 Å². The molecular formula is C20H18ClN3O3. The molecule has 1 aromatic heterocycles. The van der Waals surface area contributed by atoms with E-state index >= 15 is 0 Å². The van der Waals surface area contributed by atoms with E-state index in [1.54, 1.807) is 18.2 Å². The van der Waals surface area contributed by atoms with E-state index in [-0.39, 0.29) is 11.5 Å². The van der Waals surface area contributed by atoms with E-state index in [0.29, 0.717) is 41.3 Å². The number of rotatable bonds is 3. The molecule has 0 amide bonds. The minimum absolute atomic E-state index is 0.223. The highest BCUT2D eigenvalue weighted by molar-refractivity contribution is 6.31. The first-order valence-corrected chi connectivity index (χ1v) is 9.00. The Kier molecular flexibility index (Phi) is 4.68.